The van der Waals surface area contributed by atoms with Crippen LogP contribution in [-0.2, 0) is 9.59 Å². The summed E-state index contributed by atoms with van der Waals surface area (Å²) < 4.78 is 0. The van der Waals surface area contributed by atoms with Crippen molar-refractivity contribution in [1.82, 2.24) is 4.90 Å². The number of rotatable bonds is 5. The Morgan fingerprint density at radius 1 is 1.32 bits per heavy atom. The smallest absolute Gasteiger partial charge is 0.243 e. The van der Waals surface area contributed by atoms with Crippen LogP contribution in [0.1, 0.15) is 30.4 Å². The zero-order chi connectivity index (χ0) is 16.1. The highest BCUT2D eigenvalue weighted by atomic mass is 16.2. The van der Waals surface area contributed by atoms with E-state index in [0.717, 1.165) is 29.7 Å². The summed E-state index contributed by atoms with van der Waals surface area (Å²) in [6.45, 7) is 4.03. The Balaban J connectivity index is 1.86. The van der Waals surface area contributed by atoms with E-state index in [2.05, 4.69) is 17.5 Å². The standard InChI is InChI=1S/C18H24N2O2/c1-13-8-9-14(2)16(10-13)19-17(21)12-20(3)18(22)11-15-6-4-5-7-15/h4,6,8-10,15H,5,7,11-12H2,1-3H3,(H,19,21)/t15-/m0/s1. The number of amides is 2. The van der Waals surface area contributed by atoms with Gasteiger partial charge in [0.2, 0.25) is 11.8 Å². The molecule has 0 bridgehead atoms. The SMILES string of the molecule is Cc1ccc(C)c(NC(=O)CN(C)C(=O)C[C@H]2C=CCC2)c1. The second-order valence-electron chi connectivity index (χ2n) is 6.09. The molecule has 118 valence electrons. The second kappa shape index (κ2) is 7.25. The van der Waals surface area contributed by atoms with Crippen LogP contribution in [0.4, 0.5) is 5.69 Å². The molecule has 1 aliphatic carbocycles. The monoisotopic (exact) mass is 300 g/mol. The van der Waals surface area contributed by atoms with E-state index in [4.69, 9.17) is 0 Å². The normalized spacial score (nSPS) is 16.6. The number of anilines is 1. The molecule has 1 aromatic rings. The van der Waals surface area contributed by atoms with E-state index in [-0.39, 0.29) is 18.4 Å². The fourth-order valence-electron chi connectivity index (χ4n) is 2.61. The minimum absolute atomic E-state index is 0.0210. The predicted molar refractivity (Wildman–Crippen MR) is 88.7 cm³/mol. The molecule has 0 fully saturated rings. The summed E-state index contributed by atoms with van der Waals surface area (Å²) in [6.07, 6.45) is 6.79. The zero-order valence-corrected chi connectivity index (χ0v) is 13.6. The first-order chi connectivity index (χ1) is 10.5. The third-order valence-corrected chi connectivity index (χ3v) is 4.02. The Labute approximate surface area is 132 Å². The van der Waals surface area contributed by atoms with Gasteiger partial charge in [0, 0.05) is 19.2 Å². The summed E-state index contributed by atoms with van der Waals surface area (Å²) in [5.74, 6) is 0.191. The maximum Gasteiger partial charge on any atom is 0.243 e. The quantitative estimate of drug-likeness (QED) is 0.850. The molecule has 0 radical (unpaired) electrons. The maximum absolute atomic E-state index is 12.1. The highest BCUT2D eigenvalue weighted by Crippen LogP contribution is 2.21. The average Bonchev–Trinajstić information content (AvgIpc) is 2.95. The van der Waals surface area contributed by atoms with Crippen molar-refractivity contribution in [3.63, 3.8) is 0 Å². The zero-order valence-electron chi connectivity index (χ0n) is 13.6. The number of carbonyl (C=O) groups is 2. The molecule has 0 aromatic heterocycles. The lowest BCUT2D eigenvalue weighted by atomic mass is 10.0. The van der Waals surface area contributed by atoms with Gasteiger partial charge in [0.05, 0.1) is 6.54 Å². The molecule has 22 heavy (non-hydrogen) atoms. The van der Waals surface area contributed by atoms with Crippen LogP contribution < -0.4 is 5.32 Å². The van der Waals surface area contributed by atoms with Crippen molar-refractivity contribution >= 4 is 17.5 Å². The van der Waals surface area contributed by atoms with E-state index in [0.29, 0.717) is 12.3 Å². The van der Waals surface area contributed by atoms with Crippen molar-refractivity contribution in [2.75, 3.05) is 18.9 Å². The molecular formula is C18H24N2O2. The van der Waals surface area contributed by atoms with Crippen LogP contribution in [0.25, 0.3) is 0 Å². The molecule has 0 saturated heterocycles. The predicted octanol–water partition coefficient (Wildman–Crippen LogP) is 3.06. The van der Waals surface area contributed by atoms with Gasteiger partial charge in [-0.15, -0.1) is 0 Å². The lowest BCUT2D eigenvalue weighted by Gasteiger charge is -2.19. The molecule has 0 heterocycles. The molecule has 1 aliphatic rings. The van der Waals surface area contributed by atoms with E-state index < -0.39 is 0 Å². The van der Waals surface area contributed by atoms with Crippen LogP contribution in [-0.4, -0.2) is 30.3 Å². The van der Waals surface area contributed by atoms with Crippen LogP contribution in [0.15, 0.2) is 30.4 Å². The van der Waals surface area contributed by atoms with Crippen molar-refractivity contribution < 1.29 is 9.59 Å². The minimum atomic E-state index is -0.161. The van der Waals surface area contributed by atoms with Crippen LogP contribution in [0, 0.1) is 19.8 Å². The van der Waals surface area contributed by atoms with Crippen molar-refractivity contribution in [2.24, 2.45) is 5.92 Å². The second-order valence-corrected chi connectivity index (χ2v) is 6.09. The first-order valence-electron chi connectivity index (χ1n) is 7.73. The highest BCUT2D eigenvalue weighted by molar-refractivity contribution is 5.95. The van der Waals surface area contributed by atoms with E-state index in [1.54, 1.807) is 7.05 Å². The molecule has 4 nitrogen and oxygen atoms in total. The van der Waals surface area contributed by atoms with E-state index in [1.165, 1.54) is 4.90 Å². The van der Waals surface area contributed by atoms with Crippen molar-refractivity contribution in [1.29, 1.82) is 0 Å². The summed E-state index contributed by atoms with van der Waals surface area (Å²) in [4.78, 5) is 25.7. The van der Waals surface area contributed by atoms with E-state index in [9.17, 15) is 9.59 Å². The van der Waals surface area contributed by atoms with E-state index in [1.807, 2.05) is 32.0 Å². The van der Waals surface area contributed by atoms with Gasteiger partial charge in [0.1, 0.15) is 0 Å². The largest absolute Gasteiger partial charge is 0.336 e. The molecule has 1 N–H and O–H groups in total. The fraction of sp³-hybridized carbons (Fsp3) is 0.444. The minimum Gasteiger partial charge on any atom is -0.336 e. The third kappa shape index (κ3) is 4.45. The molecule has 1 atom stereocenters. The topological polar surface area (TPSA) is 49.4 Å². The van der Waals surface area contributed by atoms with E-state index >= 15 is 0 Å². The fourth-order valence-corrected chi connectivity index (χ4v) is 2.61. The van der Waals surface area contributed by atoms with Crippen molar-refractivity contribution in [2.45, 2.75) is 33.1 Å². The summed E-state index contributed by atoms with van der Waals surface area (Å²) in [5, 5.41) is 2.88. The summed E-state index contributed by atoms with van der Waals surface area (Å²) in [7, 11) is 1.68. The van der Waals surface area contributed by atoms with Crippen LogP contribution >= 0.6 is 0 Å². The number of hydrogen-bond donors (Lipinski definition) is 1. The van der Waals surface area contributed by atoms with Gasteiger partial charge in [-0.25, -0.2) is 0 Å². The maximum atomic E-state index is 12.1. The van der Waals surface area contributed by atoms with Crippen LogP contribution in [0.3, 0.4) is 0 Å². The molecule has 0 unspecified atom stereocenters. The summed E-state index contributed by atoms with van der Waals surface area (Å²) in [5.41, 5.74) is 2.92. The Kier molecular flexibility index (Phi) is 5.36. The average molecular weight is 300 g/mol. The van der Waals surface area contributed by atoms with Gasteiger partial charge in [-0.3, -0.25) is 9.59 Å². The van der Waals surface area contributed by atoms with Gasteiger partial charge >= 0.3 is 0 Å². The van der Waals surface area contributed by atoms with Gasteiger partial charge in [0.25, 0.3) is 0 Å². The van der Waals surface area contributed by atoms with Crippen molar-refractivity contribution in [3.05, 3.63) is 41.5 Å². The van der Waals surface area contributed by atoms with Gasteiger partial charge in [0.15, 0.2) is 0 Å². The van der Waals surface area contributed by atoms with Gasteiger partial charge in [-0.05, 0) is 49.8 Å². The highest BCUT2D eigenvalue weighted by Gasteiger charge is 2.18. The molecule has 4 heteroatoms. The molecule has 2 amide bonds. The number of allylic oxidation sites excluding steroid dienone is 2. The molecule has 0 aliphatic heterocycles. The summed E-state index contributed by atoms with van der Waals surface area (Å²) in [6, 6.07) is 5.93. The Morgan fingerprint density at radius 3 is 2.77 bits per heavy atom. The number of hydrogen-bond acceptors (Lipinski definition) is 2. The van der Waals surface area contributed by atoms with Gasteiger partial charge in [-0.1, -0.05) is 24.3 Å². The first kappa shape index (κ1) is 16.3. The Bertz CT molecular complexity index is 593. The summed E-state index contributed by atoms with van der Waals surface area (Å²) >= 11 is 0. The Hall–Kier alpha value is -2.10. The number of nitrogens with zero attached hydrogens (tertiary/aromatic N) is 1. The molecule has 2 rings (SSSR count). The van der Waals surface area contributed by atoms with Crippen molar-refractivity contribution in [3.8, 4) is 0 Å². The molecule has 1 aromatic carbocycles. The molecular weight excluding hydrogens is 276 g/mol. The Morgan fingerprint density at radius 2 is 2.09 bits per heavy atom. The number of nitrogens with one attached hydrogen (secondary N) is 1. The number of carbonyl (C=O) groups excluding carboxylic acids is 2. The third-order valence-electron chi connectivity index (χ3n) is 4.02. The van der Waals surface area contributed by atoms with Gasteiger partial charge < -0.3 is 10.2 Å². The lowest BCUT2D eigenvalue weighted by molar-refractivity contribution is -0.133. The van der Waals surface area contributed by atoms with Crippen LogP contribution in [0.5, 0.6) is 0 Å². The molecule has 0 spiro atoms. The first-order valence-corrected chi connectivity index (χ1v) is 7.73. The van der Waals surface area contributed by atoms with Gasteiger partial charge in [-0.2, -0.15) is 0 Å². The molecule has 0 saturated carbocycles. The van der Waals surface area contributed by atoms with Crippen LogP contribution in [0.2, 0.25) is 0 Å². The lowest BCUT2D eigenvalue weighted by Crippen LogP contribution is -2.35. The number of likely N-dealkylation sites (N-methyl/N-ethyl adjacent to an activating group) is 1. The number of aryl methyl sites for hydroxylation is 2. The number of benzene rings is 1.